The Morgan fingerprint density at radius 1 is 1.27 bits per heavy atom. The zero-order valence-electron chi connectivity index (χ0n) is 12.4. The van der Waals surface area contributed by atoms with E-state index in [2.05, 4.69) is 0 Å². The van der Waals surface area contributed by atoms with Crippen LogP contribution < -0.4 is 4.74 Å². The van der Waals surface area contributed by atoms with E-state index in [0.717, 1.165) is 0 Å². The molecule has 1 aliphatic heterocycles. The van der Waals surface area contributed by atoms with Gasteiger partial charge in [-0.1, -0.05) is 11.6 Å². The van der Waals surface area contributed by atoms with E-state index in [-0.39, 0.29) is 34.9 Å². The van der Waals surface area contributed by atoms with Crippen LogP contribution >= 0.6 is 11.6 Å². The molecule has 0 unspecified atom stereocenters. The molecule has 6 nitrogen and oxygen atoms in total. The first-order valence-corrected chi connectivity index (χ1v) is 8.63. The number of esters is 1. The van der Waals surface area contributed by atoms with E-state index in [1.54, 1.807) is 0 Å². The van der Waals surface area contributed by atoms with Crippen LogP contribution in [0.3, 0.4) is 0 Å². The first kappa shape index (κ1) is 17.1. The second kappa shape index (κ2) is 6.85. The van der Waals surface area contributed by atoms with Gasteiger partial charge in [0.25, 0.3) is 0 Å². The Morgan fingerprint density at radius 3 is 2.41 bits per heavy atom. The van der Waals surface area contributed by atoms with E-state index in [4.69, 9.17) is 21.1 Å². The number of ether oxygens (including phenoxy) is 2. The summed E-state index contributed by atoms with van der Waals surface area (Å²) in [6.45, 7) is 0.567. The number of halogens is 1. The maximum atomic E-state index is 12.6. The summed E-state index contributed by atoms with van der Waals surface area (Å²) in [5.41, 5.74) is 0. The van der Waals surface area contributed by atoms with E-state index < -0.39 is 10.0 Å². The van der Waals surface area contributed by atoms with E-state index in [0.29, 0.717) is 18.6 Å². The van der Waals surface area contributed by atoms with Crippen LogP contribution in [0.15, 0.2) is 23.1 Å². The summed E-state index contributed by atoms with van der Waals surface area (Å²) < 4.78 is 36.3. The number of sulfonamides is 1. The van der Waals surface area contributed by atoms with Gasteiger partial charge in [0.1, 0.15) is 5.75 Å². The van der Waals surface area contributed by atoms with Crippen molar-refractivity contribution in [2.45, 2.75) is 17.7 Å². The summed E-state index contributed by atoms with van der Waals surface area (Å²) in [6.07, 6.45) is 0.908. The third-order valence-electron chi connectivity index (χ3n) is 3.75. The lowest BCUT2D eigenvalue weighted by molar-refractivity contribution is -0.146. The largest absolute Gasteiger partial charge is 0.495 e. The Morgan fingerprint density at radius 2 is 1.91 bits per heavy atom. The maximum Gasteiger partial charge on any atom is 0.308 e. The molecule has 0 radical (unpaired) electrons. The molecular weight excluding hydrogens is 330 g/mol. The van der Waals surface area contributed by atoms with Gasteiger partial charge in [-0.25, -0.2) is 8.42 Å². The number of carbonyl (C=O) groups is 1. The van der Waals surface area contributed by atoms with Crippen LogP contribution in [0.25, 0.3) is 0 Å². The van der Waals surface area contributed by atoms with Crippen molar-refractivity contribution < 1.29 is 22.7 Å². The number of hydrogen-bond donors (Lipinski definition) is 0. The lowest BCUT2D eigenvalue weighted by Crippen LogP contribution is -2.40. The predicted molar refractivity (Wildman–Crippen MR) is 81.5 cm³/mol. The van der Waals surface area contributed by atoms with Gasteiger partial charge in [-0.3, -0.25) is 4.79 Å². The number of hydrogen-bond acceptors (Lipinski definition) is 5. The van der Waals surface area contributed by atoms with Crippen molar-refractivity contribution in [1.82, 2.24) is 4.31 Å². The normalized spacial score (nSPS) is 17.2. The molecule has 0 amide bonds. The third kappa shape index (κ3) is 3.37. The molecule has 22 heavy (non-hydrogen) atoms. The molecule has 8 heteroatoms. The van der Waals surface area contributed by atoms with E-state index in [9.17, 15) is 13.2 Å². The molecule has 1 aromatic rings. The SMILES string of the molecule is COC(=O)C1CCN(S(=O)(=O)c2ccc(OC)c(Cl)c2)CC1. The fraction of sp³-hybridized carbons (Fsp3) is 0.500. The van der Waals surface area contributed by atoms with E-state index >= 15 is 0 Å². The molecule has 2 rings (SSSR count). The smallest absolute Gasteiger partial charge is 0.308 e. The average Bonchev–Trinajstić information content (AvgIpc) is 2.54. The van der Waals surface area contributed by atoms with Gasteiger partial charge < -0.3 is 9.47 Å². The van der Waals surface area contributed by atoms with Gasteiger partial charge in [-0.05, 0) is 31.0 Å². The van der Waals surface area contributed by atoms with Crippen LogP contribution in [0.2, 0.25) is 5.02 Å². The van der Waals surface area contributed by atoms with Gasteiger partial charge >= 0.3 is 5.97 Å². The molecule has 1 saturated heterocycles. The van der Waals surface area contributed by atoms with Crippen molar-refractivity contribution in [2.75, 3.05) is 27.3 Å². The van der Waals surface area contributed by atoms with Crippen LogP contribution in [-0.2, 0) is 19.6 Å². The molecule has 122 valence electrons. The molecule has 1 aliphatic rings. The van der Waals surface area contributed by atoms with Crippen LogP contribution in [0, 0.1) is 5.92 Å². The second-order valence-corrected chi connectivity index (χ2v) is 7.34. The van der Waals surface area contributed by atoms with E-state index in [1.807, 2.05) is 0 Å². The number of piperidine rings is 1. The fourth-order valence-corrected chi connectivity index (χ4v) is 4.27. The first-order chi connectivity index (χ1) is 10.4. The number of nitrogens with zero attached hydrogens (tertiary/aromatic N) is 1. The third-order valence-corrected chi connectivity index (χ3v) is 5.94. The summed E-state index contributed by atoms with van der Waals surface area (Å²) in [5.74, 6) is -0.106. The van der Waals surface area contributed by atoms with Gasteiger partial charge in [0.15, 0.2) is 0 Å². The molecule has 0 aliphatic carbocycles. The minimum Gasteiger partial charge on any atom is -0.495 e. The molecule has 1 fully saturated rings. The monoisotopic (exact) mass is 347 g/mol. The highest BCUT2D eigenvalue weighted by atomic mass is 35.5. The van der Waals surface area contributed by atoms with Gasteiger partial charge in [0.05, 0.1) is 30.1 Å². The van der Waals surface area contributed by atoms with Crippen molar-refractivity contribution in [3.8, 4) is 5.75 Å². The van der Waals surface area contributed by atoms with Crippen LogP contribution in [-0.4, -0.2) is 46.0 Å². The van der Waals surface area contributed by atoms with Crippen molar-refractivity contribution in [3.63, 3.8) is 0 Å². The van der Waals surface area contributed by atoms with Crippen LogP contribution in [0.5, 0.6) is 5.75 Å². The minimum absolute atomic E-state index is 0.120. The highest BCUT2D eigenvalue weighted by Gasteiger charge is 2.32. The Labute approximate surface area is 135 Å². The number of methoxy groups -OCH3 is 2. The molecule has 1 heterocycles. The number of rotatable bonds is 4. The Balaban J connectivity index is 2.15. The number of carbonyl (C=O) groups excluding carboxylic acids is 1. The van der Waals surface area contributed by atoms with Crippen LogP contribution in [0.4, 0.5) is 0 Å². The Kier molecular flexibility index (Phi) is 5.31. The van der Waals surface area contributed by atoms with Gasteiger partial charge in [-0.15, -0.1) is 0 Å². The van der Waals surface area contributed by atoms with Gasteiger partial charge in [-0.2, -0.15) is 4.31 Å². The summed E-state index contributed by atoms with van der Waals surface area (Å²) in [7, 11) is -0.821. The van der Waals surface area contributed by atoms with E-state index in [1.165, 1.54) is 36.7 Å². The number of benzene rings is 1. The molecule has 1 aromatic carbocycles. The van der Waals surface area contributed by atoms with Crippen molar-refractivity contribution >= 4 is 27.6 Å². The zero-order valence-corrected chi connectivity index (χ0v) is 14.0. The molecule has 0 bridgehead atoms. The highest BCUT2D eigenvalue weighted by Crippen LogP contribution is 2.30. The van der Waals surface area contributed by atoms with Gasteiger partial charge in [0, 0.05) is 13.1 Å². The molecule has 0 N–H and O–H groups in total. The second-order valence-electron chi connectivity index (χ2n) is 5.00. The predicted octanol–water partition coefficient (Wildman–Crippen LogP) is 1.92. The summed E-state index contributed by atoms with van der Waals surface area (Å²) in [5, 5.41) is 0.244. The van der Waals surface area contributed by atoms with Crippen molar-refractivity contribution in [2.24, 2.45) is 5.92 Å². The quantitative estimate of drug-likeness (QED) is 0.778. The summed E-state index contributed by atoms with van der Waals surface area (Å²) >= 11 is 5.99. The first-order valence-electron chi connectivity index (χ1n) is 6.81. The molecular formula is C14H18ClNO5S. The lowest BCUT2D eigenvalue weighted by atomic mass is 9.99. The highest BCUT2D eigenvalue weighted by molar-refractivity contribution is 7.89. The minimum atomic E-state index is -3.62. The van der Waals surface area contributed by atoms with Crippen LogP contribution in [0.1, 0.15) is 12.8 Å². The van der Waals surface area contributed by atoms with Crippen molar-refractivity contribution in [1.29, 1.82) is 0 Å². The summed E-state index contributed by atoms with van der Waals surface area (Å²) in [4.78, 5) is 11.6. The fourth-order valence-electron chi connectivity index (χ4n) is 2.46. The molecule has 0 atom stereocenters. The summed E-state index contributed by atoms with van der Waals surface area (Å²) in [6, 6.07) is 4.37. The molecule has 0 spiro atoms. The van der Waals surface area contributed by atoms with Gasteiger partial charge in [0.2, 0.25) is 10.0 Å². The zero-order chi connectivity index (χ0) is 16.3. The Hall–Kier alpha value is -1.31. The topological polar surface area (TPSA) is 72.9 Å². The average molecular weight is 348 g/mol. The maximum absolute atomic E-state index is 12.6. The van der Waals surface area contributed by atoms with Crippen molar-refractivity contribution in [3.05, 3.63) is 23.2 Å². The molecule has 0 aromatic heterocycles. The standard InChI is InChI=1S/C14H18ClNO5S/c1-20-13-4-3-11(9-12(13)15)22(18,19)16-7-5-10(6-8-16)14(17)21-2/h3-4,9-10H,5-8H2,1-2H3. The lowest BCUT2D eigenvalue weighted by Gasteiger charge is -2.29. The molecule has 0 saturated carbocycles. The Bertz CT molecular complexity index is 653.